The molecule has 8 heteroatoms. The van der Waals surface area contributed by atoms with Crippen LogP contribution in [0.1, 0.15) is 17.1 Å². The molecule has 18 heavy (non-hydrogen) atoms. The molecule has 96 valence electrons. The van der Waals surface area contributed by atoms with E-state index in [9.17, 15) is 13.2 Å². The van der Waals surface area contributed by atoms with Crippen LogP contribution in [0.15, 0.2) is 16.7 Å². The minimum Gasteiger partial charge on any atom is -0.216 e. The molecule has 0 aliphatic carbocycles. The van der Waals surface area contributed by atoms with Gasteiger partial charge in [-0.15, -0.1) is 0 Å². The number of alkyl halides is 3. The quantitative estimate of drug-likeness (QED) is 0.811. The average molecular weight is 321 g/mol. The smallest absolute Gasteiger partial charge is 0.216 e. The molecule has 2 aromatic rings. The van der Waals surface area contributed by atoms with E-state index in [0.29, 0.717) is 16.1 Å². The molecule has 0 fully saturated rings. The zero-order chi connectivity index (χ0) is 13.5. The van der Waals surface area contributed by atoms with Crippen molar-refractivity contribution in [2.45, 2.75) is 20.0 Å². The number of hydrogen-bond acceptors (Lipinski definition) is 3. The predicted molar refractivity (Wildman–Crippen MR) is 61.3 cm³/mol. The van der Waals surface area contributed by atoms with Crippen molar-refractivity contribution in [3.05, 3.63) is 33.8 Å². The molecule has 0 N–H and O–H groups in total. The van der Waals surface area contributed by atoms with E-state index in [2.05, 4.69) is 31.0 Å². The molecule has 0 aliphatic heterocycles. The Labute approximate surface area is 109 Å². The maximum Gasteiger partial charge on any atom is 0.434 e. The average Bonchev–Trinajstić information content (AvgIpc) is 2.57. The van der Waals surface area contributed by atoms with Gasteiger partial charge in [0, 0.05) is 11.4 Å². The van der Waals surface area contributed by atoms with Crippen LogP contribution in [0.2, 0.25) is 0 Å². The molecule has 0 saturated carbocycles. The Kier molecular flexibility index (Phi) is 3.14. The maximum absolute atomic E-state index is 12.9. The van der Waals surface area contributed by atoms with E-state index in [1.54, 1.807) is 19.9 Å². The van der Waals surface area contributed by atoms with Gasteiger partial charge in [-0.1, -0.05) is 0 Å². The van der Waals surface area contributed by atoms with Gasteiger partial charge in [0.15, 0.2) is 5.69 Å². The Morgan fingerprint density at radius 2 is 1.72 bits per heavy atom. The van der Waals surface area contributed by atoms with Crippen molar-refractivity contribution in [1.82, 2.24) is 19.7 Å². The van der Waals surface area contributed by atoms with E-state index < -0.39 is 11.9 Å². The first kappa shape index (κ1) is 13.0. The third-order valence-corrected chi connectivity index (χ3v) is 2.73. The molecule has 2 rings (SSSR count). The van der Waals surface area contributed by atoms with Crippen LogP contribution in [-0.4, -0.2) is 19.7 Å². The van der Waals surface area contributed by atoms with Gasteiger partial charge in [-0.25, -0.2) is 9.97 Å². The molecule has 0 spiro atoms. The maximum atomic E-state index is 12.9. The summed E-state index contributed by atoms with van der Waals surface area (Å²) >= 11 is 2.83. The summed E-state index contributed by atoms with van der Waals surface area (Å²) in [7, 11) is 0. The molecular weight excluding hydrogens is 313 g/mol. The highest BCUT2D eigenvalue weighted by Crippen LogP contribution is 2.35. The summed E-state index contributed by atoms with van der Waals surface area (Å²) in [6, 6.07) is 1.68. The highest BCUT2D eigenvalue weighted by molar-refractivity contribution is 9.10. The molecular formula is C10H8BrF3N4. The third-order valence-electron chi connectivity index (χ3n) is 2.15. The first-order chi connectivity index (χ1) is 8.29. The molecule has 0 saturated heterocycles. The Morgan fingerprint density at radius 3 is 2.22 bits per heavy atom. The van der Waals surface area contributed by atoms with Crippen LogP contribution in [0.4, 0.5) is 13.2 Å². The summed E-state index contributed by atoms with van der Waals surface area (Å²) in [5.74, 6) is -0.0921. The van der Waals surface area contributed by atoms with Crippen LogP contribution in [-0.2, 0) is 6.18 Å². The monoisotopic (exact) mass is 320 g/mol. The van der Waals surface area contributed by atoms with Crippen LogP contribution in [0, 0.1) is 13.8 Å². The molecule has 0 radical (unpaired) electrons. The summed E-state index contributed by atoms with van der Waals surface area (Å²) in [5, 5.41) is 3.66. The number of aryl methyl sites for hydroxylation is 2. The Balaban J connectivity index is 2.65. The van der Waals surface area contributed by atoms with E-state index in [0.717, 1.165) is 6.20 Å². The van der Waals surface area contributed by atoms with Crippen molar-refractivity contribution in [3.8, 4) is 5.95 Å². The zero-order valence-corrected chi connectivity index (χ0v) is 11.0. The van der Waals surface area contributed by atoms with Gasteiger partial charge in [0.2, 0.25) is 0 Å². The van der Waals surface area contributed by atoms with Crippen LogP contribution >= 0.6 is 15.9 Å². The summed E-state index contributed by atoms with van der Waals surface area (Å²) in [4.78, 5) is 7.92. The van der Waals surface area contributed by atoms with Gasteiger partial charge >= 0.3 is 6.18 Å². The van der Waals surface area contributed by atoms with Gasteiger partial charge in [0.05, 0.1) is 10.7 Å². The topological polar surface area (TPSA) is 43.6 Å². The van der Waals surface area contributed by atoms with E-state index in [-0.39, 0.29) is 10.4 Å². The molecule has 4 nitrogen and oxygen atoms in total. The largest absolute Gasteiger partial charge is 0.434 e. The SMILES string of the molecule is Cc1cc(C)nc(-n2ncc(Br)c2C(F)(F)F)n1. The van der Waals surface area contributed by atoms with Gasteiger partial charge in [0.1, 0.15) is 0 Å². The van der Waals surface area contributed by atoms with Crippen LogP contribution in [0.5, 0.6) is 0 Å². The van der Waals surface area contributed by atoms with E-state index in [1.807, 2.05) is 0 Å². The number of nitrogens with zero attached hydrogens (tertiary/aromatic N) is 4. The first-order valence-corrected chi connectivity index (χ1v) is 5.71. The Bertz CT molecular complexity index is 571. The molecule has 0 atom stereocenters. The van der Waals surface area contributed by atoms with E-state index in [1.165, 1.54) is 0 Å². The van der Waals surface area contributed by atoms with Gasteiger partial charge in [0.25, 0.3) is 5.95 Å². The van der Waals surface area contributed by atoms with Crippen molar-refractivity contribution in [3.63, 3.8) is 0 Å². The minimum atomic E-state index is -4.53. The Hall–Kier alpha value is -1.44. The lowest BCUT2D eigenvalue weighted by Crippen LogP contribution is -2.16. The second kappa shape index (κ2) is 4.34. The molecule has 0 aliphatic rings. The fraction of sp³-hybridized carbons (Fsp3) is 0.300. The second-order valence-corrected chi connectivity index (χ2v) is 4.56. The fourth-order valence-electron chi connectivity index (χ4n) is 1.54. The van der Waals surface area contributed by atoms with Crippen LogP contribution < -0.4 is 0 Å². The minimum absolute atomic E-state index is 0.0921. The number of rotatable bonds is 1. The highest BCUT2D eigenvalue weighted by atomic mass is 79.9. The zero-order valence-electron chi connectivity index (χ0n) is 9.46. The van der Waals surface area contributed by atoms with Crippen molar-refractivity contribution >= 4 is 15.9 Å². The number of hydrogen-bond donors (Lipinski definition) is 0. The van der Waals surface area contributed by atoms with Crippen molar-refractivity contribution < 1.29 is 13.2 Å². The summed E-state index contributed by atoms with van der Waals surface area (Å²) in [6.45, 7) is 3.37. The predicted octanol–water partition coefficient (Wildman–Crippen LogP) is 3.06. The fourth-order valence-corrected chi connectivity index (χ4v) is 2.02. The second-order valence-electron chi connectivity index (χ2n) is 3.70. The van der Waals surface area contributed by atoms with E-state index >= 15 is 0 Å². The van der Waals surface area contributed by atoms with Gasteiger partial charge in [-0.05, 0) is 35.8 Å². The molecule has 0 bridgehead atoms. The van der Waals surface area contributed by atoms with Gasteiger partial charge in [-0.2, -0.15) is 23.0 Å². The summed E-state index contributed by atoms with van der Waals surface area (Å²) in [5.41, 5.74) is 0.238. The first-order valence-electron chi connectivity index (χ1n) is 4.92. The molecule has 0 unspecified atom stereocenters. The van der Waals surface area contributed by atoms with Crippen LogP contribution in [0.25, 0.3) is 5.95 Å². The summed E-state index contributed by atoms with van der Waals surface area (Å²) < 4.78 is 39.2. The molecule has 0 aromatic carbocycles. The lowest BCUT2D eigenvalue weighted by Gasteiger charge is -2.10. The van der Waals surface area contributed by atoms with Crippen molar-refractivity contribution in [2.75, 3.05) is 0 Å². The highest BCUT2D eigenvalue weighted by Gasteiger charge is 2.38. The number of halogens is 4. The van der Waals surface area contributed by atoms with Crippen molar-refractivity contribution in [1.29, 1.82) is 0 Å². The lowest BCUT2D eigenvalue weighted by atomic mass is 10.3. The van der Waals surface area contributed by atoms with Gasteiger partial charge < -0.3 is 0 Å². The van der Waals surface area contributed by atoms with E-state index in [4.69, 9.17) is 0 Å². The third kappa shape index (κ3) is 2.38. The molecule has 2 heterocycles. The normalized spacial score (nSPS) is 11.9. The lowest BCUT2D eigenvalue weighted by molar-refractivity contribution is -0.143. The standard InChI is InChI=1S/C10H8BrF3N4/c1-5-3-6(2)17-9(16-5)18-8(10(12,13)14)7(11)4-15-18/h3-4H,1-2H3. The molecule has 2 aromatic heterocycles. The summed E-state index contributed by atoms with van der Waals surface area (Å²) in [6.07, 6.45) is -3.46. The molecule has 0 amide bonds. The number of aromatic nitrogens is 4. The Morgan fingerprint density at radius 1 is 1.17 bits per heavy atom. The van der Waals surface area contributed by atoms with Gasteiger partial charge in [-0.3, -0.25) is 0 Å². The van der Waals surface area contributed by atoms with Crippen molar-refractivity contribution in [2.24, 2.45) is 0 Å². The van der Waals surface area contributed by atoms with Crippen LogP contribution in [0.3, 0.4) is 0 Å².